The van der Waals surface area contributed by atoms with Crippen LogP contribution in [0.15, 0.2) is 48.5 Å². The highest BCUT2D eigenvalue weighted by Gasteiger charge is 2.31. The molecule has 2 heterocycles. The fraction of sp³-hybridized carbons (Fsp3) is 0.409. The van der Waals surface area contributed by atoms with Crippen LogP contribution in [0.5, 0.6) is 0 Å². The monoisotopic (exact) mass is 397 g/mol. The third-order valence-electron chi connectivity index (χ3n) is 5.76. The van der Waals surface area contributed by atoms with Gasteiger partial charge < -0.3 is 15.1 Å². The molecule has 2 aromatic rings. The van der Waals surface area contributed by atoms with Crippen molar-refractivity contribution in [3.63, 3.8) is 0 Å². The highest BCUT2D eigenvalue weighted by Crippen LogP contribution is 2.38. The van der Waals surface area contributed by atoms with Gasteiger partial charge in [-0.25, -0.2) is 4.79 Å². The summed E-state index contributed by atoms with van der Waals surface area (Å²) in [6.07, 6.45) is 1.75. The van der Waals surface area contributed by atoms with Gasteiger partial charge in [0.2, 0.25) is 0 Å². The first-order chi connectivity index (χ1) is 13.5. The zero-order valence-electron chi connectivity index (χ0n) is 16.5. The van der Waals surface area contributed by atoms with E-state index in [-0.39, 0.29) is 10.8 Å². The molecule has 28 heavy (non-hydrogen) atoms. The van der Waals surface area contributed by atoms with Crippen LogP contribution in [-0.2, 0) is 17.2 Å². The predicted molar refractivity (Wildman–Crippen MR) is 116 cm³/mol. The van der Waals surface area contributed by atoms with Crippen LogP contribution in [0.4, 0.5) is 21.9 Å². The number of nitrogens with one attached hydrogen (secondary N) is 1. The fourth-order valence-corrected chi connectivity index (χ4v) is 5.16. The Morgan fingerprint density at radius 2 is 1.71 bits per heavy atom. The molecule has 6 heteroatoms. The van der Waals surface area contributed by atoms with Crippen molar-refractivity contribution in [3.05, 3.63) is 54.1 Å². The van der Waals surface area contributed by atoms with Crippen LogP contribution in [0, 0.1) is 0 Å². The van der Waals surface area contributed by atoms with Gasteiger partial charge in [0.05, 0.1) is 11.4 Å². The summed E-state index contributed by atoms with van der Waals surface area (Å²) in [6, 6.07) is 16.3. The van der Waals surface area contributed by atoms with E-state index in [1.807, 2.05) is 32.0 Å². The zero-order chi connectivity index (χ0) is 19.7. The summed E-state index contributed by atoms with van der Waals surface area (Å²) in [5.41, 5.74) is 4.37. The van der Waals surface area contributed by atoms with Gasteiger partial charge in [-0.1, -0.05) is 30.3 Å². The van der Waals surface area contributed by atoms with E-state index in [0.29, 0.717) is 18.8 Å². The van der Waals surface area contributed by atoms with Crippen LogP contribution in [0.1, 0.15) is 25.8 Å². The molecule has 1 saturated heterocycles. The van der Waals surface area contributed by atoms with Crippen LogP contribution in [-0.4, -0.2) is 45.3 Å². The number of nitrogens with zero attached hydrogens (tertiary/aromatic N) is 2. The molecule has 4 rings (SSSR count). The molecule has 2 aliphatic heterocycles. The molecular weight excluding hydrogens is 370 g/mol. The van der Waals surface area contributed by atoms with E-state index in [9.17, 15) is 9.00 Å². The summed E-state index contributed by atoms with van der Waals surface area (Å²) in [5.74, 6) is 0.529. The van der Waals surface area contributed by atoms with Crippen molar-refractivity contribution >= 4 is 33.9 Å². The number of para-hydroxylation sites is 3. The molecule has 1 fully saturated rings. The highest BCUT2D eigenvalue weighted by molar-refractivity contribution is 7.86. The second-order valence-corrected chi connectivity index (χ2v) is 10.2. The number of urea groups is 1. The second-order valence-electron chi connectivity index (χ2n) is 8.02. The van der Waals surface area contributed by atoms with Crippen LogP contribution < -0.4 is 10.2 Å². The fourth-order valence-electron chi connectivity index (χ4n) is 3.90. The lowest BCUT2D eigenvalue weighted by molar-refractivity contribution is 0.214. The van der Waals surface area contributed by atoms with Gasteiger partial charge in [0.15, 0.2) is 0 Å². The Morgan fingerprint density at radius 1 is 1.00 bits per heavy atom. The molecule has 2 amide bonds. The molecule has 1 unspecified atom stereocenters. The largest absolute Gasteiger partial charge is 0.339 e. The number of carbonyl (C=O) groups excluding carboxylic acids is 1. The van der Waals surface area contributed by atoms with E-state index in [0.717, 1.165) is 30.8 Å². The third-order valence-corrected chi connectivity index (χ3v) is 7.75. The topological polar surface area (TPSA) is 52.7 Å². The number of amides is 2. The molecule has 148 valence electrons. The lowest BCUT2D eigenvalue weighted by atomic mass is 10.1. The molecule has 0 bridgehead atoms. The maximum atomic E-state index is 12.9. The Kier molecular flexibility index (Phi) is 5.15. The first-order valence-electron chi connectivity index (χ1n) is 9.84. The standard InChI is InChI=1S/C22H27N3O2S/c1-22(2)12-14-24(15-16-28(22)27)21(26)23-18-8-4-6-10-20(18)25-13-11-17-7-3-5-9-19(17)25/h3-10H,11-16H2,1-2H3,(H,23,26). The average Bonchev–Trinajstić information content (AvgIpc) is 3.06. The summed E-state index contributed by atoms with van der Waals surface area (Å²) in [7, 11) is -0.913. The maximum Gasteiger partial charge on any atom is 0.321 e. The number of hydrogen-bond acceptors (Lipinski definition) is 3. The smallest absolute Gasteiger partial charge is 0.321 e. The van der Waals surface area contributed by atoms with Crippen molar-refractivity contribution in [2.75, 3.05) is 35.6 Å². The summed E-state index contributed by atoms with van der Waals surface area (Å²) in [4.78, 5) is 17.0. The molecule has 1 atom stereocenters. The number of rotatable bonds is 2. The van der Waals surface area contributed by atoms with E-state index >= 15 is 0 Å². The van der Waals surface area contributed by atoms with Crippen molar-refractivity contribution in [3.8, 4) is 0 Å². The Balaban J connectivity index is 1.54. The molecule has 2 aromatic carbocycles. The Morgan fingerprint density at radius 3 is 2.54 bits per heavy atom. The predicted octanol–water partition coefficient (Wildman–Crippen LogP) is 4.15. The Bertz CT molecular complexity index is 912. The van der Waals surface area contributed by atoms with Crippen LogP contribution in [0.2, 0.25) is 0 Å². The number of benzene rings is 2. The van der Waals surface area contributed by atoms with Crippen molar-refractivity contribution < 1.29 is 9.00 Å². The second kappa shape index (κ2) is 7.59. The summed E-state index contributed by atoms with van der Waals surface area (Å²) < 4.78 is 12.1. The lowest BCUT2D eigenvalue weighted by Crippen LogP contribution is -2.37. The summed E-state index contributed by atoms with van der Waals surface area (Å²) >= 11 is 0. The average molecular weight is 398 g/mol. The zero-order valence-corrected chi connectivity index (χ0v) is 17.3. The molecule has 0 saturated carbocycles. The van der Waals surface area contributed by atoms with Crippen molar-refractivity contribution in [1.82, 2.24) is 4.90 Å². The molecule has 0 spiro atoms. The quantitative estimate of drug-likeness (QED) is 0.828. The minimum absolute atomic E-state index is 0.116. The number of anilines is 3. The van der Waals surface area contributed by atoms with Crippen molar-refractivity contribution in [2.24, 2.45) is 0 Å². The first kappa shape index (κ1) is 19.0. The summed E-state index contributed by atoms with van der Waals surface area (Å²) in [6.45, 7) is 6.09. The molecular formula is C22H27N3O2S. The van der Waals surface area contributed by atoms with E-state index in [2.05, 4.69) is 40.5 Å². The van der Waals surface area contributed by atoms with Gasteiger partial charge in [-0.2, -0.15) is 0 Å². The number of carbonyl (C=O) groups is 1. The minimum atomic E-state index is -0.913. The van der Waals surface area contributed by atoms with E-state index in [1.165, 1.54) is 11.3 Å². The highest BCUT2D eigenvalue weighted by atomic mass is 32.2. The van der Waals surface area contributed by atoms with Gasteiger partial charge in [-0.15, -0.1) is 0 Å². The van der Waals surface area contributed by atoms with Crippen molar-refractivity contribution in [2.45, 2.75) is 31.4 Å². The van der Waals surface area contributed by atoms with E-state index < -0.39 is 10.8 Å². The maximum absolute atomic E-state index is 12.9. The van der Waals surface area contributed by atoms with E-state index in [1.54, 1.807) is 4.90 Å². The van der Waals surface area contributed by atoms with E-state index in [4.69, 9.17) is 0 Å². The molecule has 1 N–H and O–H groups in total. The van der Waals surface area contributed by atoms with Crippen LogP contribution >= 0.6 is 0 Å². The van der Waals surface area contributed by atoms with Gasteiger partial charge in [-0.05, 0) is 50.5 Å². The van der Waals surface area contributed by atoms with Gasteiger partial charge in [0.25, 0.3) is 0 Å². The molecule has 0 aromatic heterocycles. The molecule has 5 nitrogen and oxygen atoms in total. The number of fused-ring (bicyclic) bond motifs is 1. The first-order valence-corrected chi connectivity index (χ1v) is 11.2. The van der Waals surface area contributed by atoms with Gasteiger partial charge in [0.1, 0.15) is 0 Å². The number of hydrogen-bond donors (Lipinski definition) is 1. The SMILES string of the molecule is CC1(C)CCN(C(=O)Nc2ccccc2N2CCc3ccccc32)CCS1=O. The summed E-state index contributed by atoms with van der Waals surface area (Å²) in [5, 5.41) is 3.10. The lowest BCUT2D eigenvalue weighted by Gasteiger charge is -2.26. The molecule has 2 aliphatic rings. The Labute approximate surface area is 169 Å². The minimum Gasteiger partial charge on any atom is -0.339 e. The van der Waals surface area contributed by atoms with Gasteiger partial charge >= 0.3 is 6.03 Å². The normalized spacial score (nSPS) is 21.1. The van der Waals surface area contributed by atoms with Crippen LogP contribution in [0.25, 0.3) is 0 Å². The van der Waals surface area contributed by atoms with Crippen molar-refractivity contribution in [1.29, 1.82) is 0 Å². The molecule has 0 aliphatic carbocycles. The third kappa shape index (κ3) is 3.65. The van der Waals surface area contributed by atoms with Crippen LogP contribution in [0.3, 0.4) is 0 Å². The van der Waals surface area contributed by atoms with Gasteiger partial charge in [-0.3, -0.25) is 4.21 Å². The Hall–Kier alpha value is -2.34. The van der Waals surface area contributed by atoms with Gasteiger partial charge in [0, 0.05) is 46.6 Å². The molecule has 0 radical (unpaired) electrons.